The van der Waals surface area contributed by atoms with Crippen LogP contribution in [0.2, 0.25) is 5.15 Å². The number of aromatic nitrogens is 8. The van der Waals surface area contributed by atoms with Crippen LogP contribution in [-0.4, -0.2) is 103 Å². The number of esters is 3. The van der Waals surface area contributed by atoms with Gasteiger partial charge < -0.3 is 34.9 Å². The molecule has 0 spiro atoms. The number of nitrogens with zero attached hydrogens (tertiary/aromatic N) is 10. The first-order valence-corrected chi connectivity index (χ1v) is 36.3. The van der Waals surface area contributed by atoms with Crippen LogP contribution in [0, 0.1) is 0 Å². The molecule has 0 saturated carbocycles. The number of ether oxygens (including phenoxy) is 3. The molecule has 19 nitrogen and oxygen atoms in total. The van der Waals surface area contributed by atoms with E-state index in [1.54, 1.807) is 12.4 Å². The Kier molecular flexibility index (Phi) is 27.6. The number of hydrogen-bond acceptors (Lipinski definition) is 18. The highest BCUT2D eigenvalue weighted by Gasteiger charge is 2.41. The summed E-state index contributed by atoms with van der Waals surface area (Å²) in [5, 5.41) is 9.26. The summed E-state index contributed by atoms with van der Waals surface area (Å²) < 4.78 is 13.7. The Labute approximate surface area is 635 Å². The molecule has 0 radical (unpaired) electrons. The molecular weight excluding hydrogens is 1350 g/mol. The molecular formula is C86H116ClN11O8. The Morgan fingerprint density at radius 3 is 1.03 bits per heavy atom. The fraction of sp³-hybridized carbons (Fsp3) is 0.488. The fourth-order valence-electron chi connectivity index (χ4n) is 14.4. The van der Waals surface area contributed by atoms with E-state index < -0.39 is 23.9 Å². The molecule has 4 aromatic heterocycles. The minimum atomic E-state index is -1.06. The second kappa shape index (κ2) is 34.1. The van der Waals surface area contributed by atoms with E-state index in [2.05, 4.69) is 251 Å². The van der Waals surface area contributed by atoms with Crippen molar-refractivity contribution in [1.82, 2.24) is 39.9 Å². The zero-order valence-corrected chi connectivity index (χ0v) is 65.8. The number of fused-ring (bicyclic) bond motifs is 4. The van der Waals surface area contributed by atoms with Crippen molar-refractivity contribution in [3.8, 4) is 0 Å². The topological polar surface area (TPSA) is 252 Å². The number of methoxy groups -OCH3 is 3. The second-order valence-electron chi connectivity index (χ2n) is 32.8. The summed E-state index contributed by atoms with van der Waals surface area (Å²) in [6.07, 6.45) is 22.0. The largest absolute Gasteiger partial charge is 0.476 e. The predicted octanol–water partition coefficient (Wildman–Crippen LogP) is 19.5. The lowest BCUT2D eigenvalue weighted by atomic mass is 9.63. The first-order valence-electron chi connectivity index (χ1n) is 35.9. The van der Waals surface area contributed by atoms with Gasteiger partial charge in [-0.2, -0.15) is 0 Å². The fourth-order valence-corrected chi connectivity index (χ4v) is 14.5. The van der Waals surface area contributed by atoms with Crippen LogP contribution in [0.15, 0.2) is 122 Å². The number of carbonyl (C=O) groups is 4. The normalized spacial score (nSPS) is 16.9. The lowest BCUT2D eigenvalue weighted by Crippen LogP contribution is -2.34. The third-order valence-corrected chi connectivity index (χ3v) is 21.9. The van der Waals surface area contributed by atoms with Gasteiger partial charge in [0.25, 0.3) is 0 Å². The summed E-state index contributed by atoms with van der Waals surface area (Å²) in [6, 6.07) is 26.6. The van der Waals surface area contributed by atoms with E-state index in [-0.39, 0.29) is 80.7 Å². The quantitative estimate of drug-likeness (QED) is 0.0655. The third-order valence-electron chi connectivity index (χ3n) is 21.7. The van der Waals surface area contributed by atoms with Crippen LogP contribution in [0.25, 0.3) is 0 Å². The van der Waals surface area contributed by atoms with Crippen molar-refractivity contribution in [2.45, 2.75) is 241 Å². The maximum atomic E-state index is 11.6. The average molecular weight is 1470 g/mol. The summed E-state index contributed by atoms with van der Waals surface area (Å²) in [6.45, 7) is 42.8. The van der Waals surface area contributed by atoms with Crippen molar-refractivity contribution in [2.75, 3.05) is 50.0 Å². The van der Waals surface area contributed by atoms with Gasteiger partial charge in [0.2, 0.25) is 0 Å². The zero-order chi connectivity index (χ0) is 76.7. The van der Waals surface area contributed by atoms with Crippen molar-refractivity contribution >= 4 is 64.2 Å². The number of hydrogen-bond donors (Lipinski definition) is 2. The Balaban J connectivity index is 0.000000213. The van der Waals surface area contributed by atoms with Gasteiger partial charge in [-0.3, -0.25) is 4.98 Å². The van der Waals surface area contributed by atoms with Gasteiger partial charge in [-0.05, 0) is 195 Å². The number of nitrogen functional groups attached to an aromatic ring is 1. The Bertz CT molecular complexity index is 4360. The molecule has 3 N–H and O–H groups in total. The number of carboxylic acid groups (broad SMARTS) is 1. The minimum Gasteiger partial charge on any atom is -0.476 e. The summed E-state index contributed by atoms with van der Waals surface area (Å²) in [5.41, 5.74) is 24.7. The van der Waals surface area contributed by atoms with E-state index in [0.717, 1.165) is 48.1 Å². The van der Waals surface area contributed by atoms with E-state index in [9.17, 15) is 19.2 Å². The van der Waals surface area contributed by atoms with Crippen molar-refractivity contribution in [3.05, 3.63) is 206 Å². The predicted molar refractivity (Wildman–Crippen MR) is 427 cm³/mol. The van der Waals surface area contributed by atoms with E-state index in [0.29, 0.717) is 17.7 Å². The van der Waals surface area contributed by atoms with Gasteiger partial charge in [-0.15, -0.1) is 0 Å². The molecule has 4 aromatic carbocycles. The number of carboxylic acids is 1. The van der Waals surface area contributed by atoms with Crippen molar-refractivity contribution in [3.63, 3.8) is 0 Å². The molecule has 12 rings (SSSR count). The first kappa shape index (κ1) is 85.7. The van der Waals surface area contributed by atoms with Crippen molar-refractivity contribution in [2.24, 2.45) is 0 Å². The number of rotatable bonds is 12. The number of carbonyl (C=O) groups excluding carboxylic acids is 3. The average Bonchev–Trinajstić information content (AvgIpc) is 0.771. The molecule has 0 bridgehead atoms. The number of anilines is 5. The molecule has 0 unspecified atom stereocenters. The minimum absolute atomic E-state index is 0. The molecule has 0 saturated heterocycles. The van der Waals surface area contributed by atoms with Crippen LogP contribution in [0.4, 0.5) is 28.7 Å². The SMILES string of the molecule is C.C.CC1(C)CCC(C)(C)c2cc(N)ccc21.CCN(c1ccc2c(c1)C(C)(C)CCC2(C)C)c1cnc(C(=O)O)cn1.CCN(c1ccc2c(c1)C(C)(C)CCC2(C)C)c1cnc(C(=O)OC)cn1.COC(=O)c1cnc(Cc2ccc3c(c2)C(C)(C)CCC3(C)C)cn1.COC(=O)c1cnc(Cl)cn1. The number of nitrogens with two attached hydrogens (primary N) is 1. The Morgan fingerprint density at radius 1 is 0.396 bits per heavy atom. The Morgan fingerprint density at radius 2 is 0.708 bits per heavy atom. The van der Waals surface area contributed by atoms with E-state index in [1.165, 1.54) is 154 Å². The van der Waals surface area contributed by atoms with Crippen LogP contribution in [0.3, 0.4) is 0 Å². The molecule has 4 aliphatic carbocycles. The van der Waals surface area contributed by atoms with Crippen LogP contribution in [-0.2, 0) is 64.0 Å². The molecule has 8 aromatic rings. The molecule has 570 valence electrons. The summed E-state index contributed by atoms with van der Waals surface area (Å²) in [7, 11) is 3.96. The lowest BCUT2D eigenvalue weighted by molar-refractivity contribution is 0.0584. The standard InChI is InChI=1S/C22H29N3O2.C21H27N3O2.C21H26N2O2.C14H21N.C6H5ClN2O2.2CH4/c1-7-25(19-14-23-18(13-24-19)20(26)27-6)15-8-9-16-17(12-15)22(4,5)11-10-21(16,2)3;1-6-24(18-13-22-17(12-23-18)19(25)26)14-7-8-15-16(11-14)21(4,5)10-9-20(15,2)3;1-20(2)8-9-21(3,4)17-11-14(6-7-16(17)20)10-15-12-23-18(13-22-15)19(24)25-5;1-13(2)7-8-14(3,4)12-9-10(15)5-6-11(12)13;1-11-6(10)4-2-9-5(7)3-8-4;;/h8-9,12-14H,7,10-11H2,1-6H3;7-8,11-13H,6,9-10H2,1-5H3,(H,25,26);6-7,11-13H,8-10H2,1-5H3;5-6,9H,7-8,15H2,1-4H3;2-3H,1H3;2*1H4. The van der Waals surface area contributed by atoms with Gasteiger partial charge in [-0.25, -0.2) is 54.1 Å². The van der Waals surface area contributed by atoms with Crippen LogP contribution in [0.5, 0.6) is 0 Å². The van der Waals surface area contributed by atoms with Gasteiger partial charge >= 0.3 is 23.9 Å². The van der Waals surface area contributed by atoms with Gasteiger partial charge in [0, 0.05) is 42.8 Å². The highest BCUT2D eigenvalue weighted by atomic mass is 35.5. The molecule has 0 aliphatic heterocycles. The maximum Gasteiger partial charge on any atom is 0.358 e. The molecule has 0 atom stereocenters. The molecule has 106 heavy (non-hydrogen) atoms. The summed E-state index contributed by atoms with van der Waals surface area (Å²) in [5.74, 6) is -1.14. The van der Waals surface area contributed by atoms with Crippen LogP contribution in [0.1, 0.15) is 289 Å². The summed E-state index contributed by atoms with van der Waals surface area (Å²) >= 11 is 5.43. The van der Waals surface area contributed by atoms with Crippen LogP contribution >= 0.6 is 11.6 Å². The van der Waals surface area contributed by atoms with Gasteiger partial charge in [0.1, 0.15) is 5.15 Å². The molecule has 0 fully saturated rings. The maximum absolute atomic E-state index is 11.6. The summed E-state index contributed by atoms with van der Waals surface area (Å²) in [4.78, 5) is 81.8. The molecule has 4 aliphatic rings. The van der Waals surface area contributed by atoms with E-state index >= 15 is 0 Å². The number of halogens is 1. The number of aromatic carboxylic acids is 1. The number of benzene rings is 4. The van der Waals surface area contributed by atoms with Gasteiger partial charge in [-0.1, -0.05) is 174 Å². The monoisotopic (exact) mass is 1470 g/mol. The molecule has 0 amide bonds. The second-order valence-corrected chi connectivity index (χ2v) is 33.2. The molecule has 4 heterocycles. The van der Waals surface area contributed by atoms with Gasteiger partial charge in [0.15, 0.2) is 34.4 Å². The van der Waals surface area contributed by atoms with Crippen molar-refractivity contribution < 1.29 is 38.5 Å². The van der Waals surface area contributed by atoms with Crippen LogP contribution < -0.4 is 15.5 Å². The highest BCUT2D eigenvalue weighted by molar-refractivity contribution is 6.29. The highest BCUT2D eigenvalue weighted by Crippen LogP contribution is 2.51. The van der Waals surface area contributed by atoms with Crippen molar-refractivity contribution in [1.29, 1.82) is 0 Å². The van der Waals surface area contributed by atoms with E-state index in [1.807, 2.05) is 6.07 Å². The van der Waals surface area contributed by atoms with Gasteiger partial charge in [0.05, 0.1) is 70.4 Å². The zero-order valence-electron chi connectivity index (χ0n) is 65.1. The first-order chi connectivity index (χ1) is 48.6. The lowest BCUT2D eigenvalue weighted by Gasteiger charge is -2.42. The third kappa shape index (κ3) is 19.9. The Hall–Kier alpha value is -9.23. The molecule has 20 heteroatoms. The van der Waals surface area contributed by atoms with E-state index in [4.69, 9.17) is 27.2 Å². The smallest absolute Gasteiger partial charge is 0.358 e.